The maximum Gasteiger partial charge on any atom is 0.228 e. The van der Waals surface area contributed by atoms with E-state index >= 15 is 0 Å². The SMILES string of the molecule is CCC(O)C(C)c1nnc(N2Cc3ccccc3[C@@H]2C)n1Cc1cccs1. The maximum atomic E-state index is 10.4. The third-order valence-corrected chi connectivity index (χ3v) is 6.49. The van der Waals surface area contributed by atoms with Crippen LogP contribution in [-0.4, -0.2) is 26.0 Å². The summed E-state index contributed by atoms with van der Waals surface area (Å²) in [6.45, 7) is 7.83. The lowest BCUT2D eigenvalue weighted by atomic mass is 10.0. The Balaban J connectivity index is 1.74. The van der Waals surface area contributed by atoms with Gasteiger partial charge < -0.3 is 10.0 Å². The van der Waals surface area contributed by atoms with Crippen LogP contribution in [0.15, 0.2) is 41.8 Å². The van der Waals surface area contributed by atoms with Crippen molar-refractivity contribution in [2.45, 2.75) is 58.3 Å². The Kier molecular flexibility index (Phi) is 5.02. The highest BCUT2D eigenvalue weighted by atomic mass is 32.1. The van der Waals surface area contributed by atoms with Gasteiger partial charge in [-0.15, -0.1) is 21.5 Å². The molecule has 142 valence electrons. The van der Waals surface area contributed by atoms with Crippen LogP contribution in [0.25, 0.3) is 0 Å². The number of hydrogen-bond donors (Lipinski definition) is 1. The van der Waals surface area contributed by atoms with E-state index in [1.165, 1.54) is 16.0 Å². The second-order valence-electron chi connectivity index (χ2n) is 7.29. The molecule has 2 unspecified atom stereocenters. The fourth-order valence-corrected chi connectivity index (χ4v) is 4.60. The predicted octanol–water partition coefficient (Wildman–Crippen LogP) is 4.34. The number of fused-ring (bicyclic) bond motifs is 1. The van der Waals surface area contributed by atoms with Crippen molar-refractivity contribution < 1.29 is 5.11 Å². The van der Waals surface area contributed by atoms with E-state index in [9.17, 15) is 5.11 Å². The van der Waals surface area contributed by atoms with Gasteiger partial charge in [0.1, 0.15) is 5.82 Å². The van der Waals surface area contributed by atoms with Crippen LogP contribution in [0.1, 0.15) is 61.0 Å². The van der Waals surface area contributed by atoms with Crippen molar-refractivity contribution in [3.63, 3.8) is 0 Å². The van der Waals surface area contributed by atoms with Gasteiger partial charge in [-0.2, -0.15) is 0 Å². The topological polar surface area (TPSA) is 54.2 Å². The number of nitrogens with zero attached hydrogens (tertiary/aromatic N) is 4. The summed E-state index contributed by atoms with van der Waals surface area (Å²) in [5.74, 6) is 1.68. The smallest absolute Gasteiger partial charge is 0.228 e. The van der Waals surface area contributed by atoms with Gasteiger partial charge in [0.2, 0.25) is 5.95 Å². The van der Waals surface area contributed by atoms with E-state index in [2.05, 4.69) is 68.4 Å². The highest BCUT2D eigenvalue weighted by Crippen LogP contribution is 2.37. The largest absolute Gasteiger partial charge is 0.392 e. The van der Waals surface area contributed by atoms with Gasteiger partial charge in [-0.25, -0.2) is 0 Å². The van der Waals surface area contributed by atoms with Crippen molar-refractivity contribution in [3.05, 3.63) is 63.6 Å². The molecule has 0 saturated heterocycles. The van der Waals surface area contributed by atoms with Crippen molar-refractivity contribution in [1.29, 1.82) is 0 Å². The Morgan fingerprint density at radius 3 is 2.74 bits per heavy atom. The van der Waals surface area contributed by atoms with Crippen LogP contribution in [0, 0.1) is 0 Å². The summed E-state index contributed by atoms with van der Waals surface area (Å²) in [6.07, 6.45) is 0.283. The van der Waals surface area contributed by atoms with E-state index < -0.39 is 6.10 Å². The van der Waals surface area contributed by atoms with Crippen LogP contribution in [-0.2, 0) is 13.1 Å². The fourth-order valence-electron chi connectivity index (χ4n) is 3.91. The number of benzene rings is 1. The van der Waals surface area contributed by atoms with Crippen LogP contribution in [0.2, 0.25) is 0 Å². The number of aliphatic hydroxyl groups is 1. The van der Waals surface area contributed by atoms with Gasteiger partial charge in [0.15, 0.2) is 0 Å². The average molecular weight is 383 g/mol. The normalized spacial score (nSPS) is 18.5. The number of aromatic nitrogens is 3. The second-order valence-corrected chi connectivity index (χ2v) is 8.32. The van der Waals surface area contributed by atoms with Crippen molar-refractivity contribution in [2.24, 2.45) is 0 Å². The first-order valence-corrected chi connectivity index (χ1v) is 10.5. The number of aliphatic hydroxyl groups excluding tert-OH is 1. The minimum atomic E-state index is -0.419. The molecule has 1 N–H and O–H groups in total. The molecular weight excluding hydrogens is 356 g/mol. The van der Waals surface area contributed by atoms with Gasteiger partial charge in [0.25, 0.3) is 0 Å². The number of thiophene rings is 1. The van der Waals surface area contributed by atoms with E-state index in [4.69, 9.17) is 0 Å². The summed E-state index contributed by atoms with van der Waals surface area (Å²) in [7, 11) is 0. The minimum Gasteiger partial charge on any atom is -0.392 e. The van der Waals surface area contributed by atoms with Gasteiger partial charge in [-0.1, -0.05) is 44.2 Å². The molecule has 3 aromatic rings. The Bertz CT molecular complexity index is 905. The summed E-state index contributed by atoms with van der Waals surface area (Å²) >= 11 is 1.74. The molecule has 4 rings (SSSR count). The van der Waals surface area contributed by atoms with Crippen LogP contribution in [0.3, 0.4) is 0 Å². The zero-order valence-corrected chi connectivity index (χ0v) is 16.9. The number of hydrogen-bond acceptors (Lipinski definition) is 5. The summed E-state index contributed by atoms with van der Waals surface area (Å²) < 4.78 is 2.19. The van der Waals surface area contributed by atoms with E-state index in [-0.39, 0.29) is 12.0 Å². The lowest BCUT2D eigenvalue weighted by molar-refractivity contribution is 0.140. The van der Waals surface area contributed by atoms with E-state index in [1.54, 1.807) is 11.3 Å². The third-order valence-electron chi connectivity index (χ3n) is 5.63. The molecular formula is C21H26N4OS. The predicted molar refractivity (Wildman–Crippen MR) is 109 cm³/mol. The Hall–Kier alpha value is -2.18. The number of rotatable bonds is 6. The molecule has 3 atom stereocenters. The molecule has 6 heteroatoms. The summed E-state index contributed by atoms with van der Waals surface area (Å²) in [5.41, 5.74) is 2.70. The molecule has 0 amide bonds. The molecule has 0 spiro atoms. The van der Waals surface area contributed by atoms with Crippen molar-refractivity contribution >= 4 is 17.3 Å². The fraction of sp³-hybridized carbons (Fsp3) is 0.429. The average Bonchev–Trinajstić information content (AvgIpc) is 3.41. The zero-order valence-electron chi connectivity index (χ0n) is 16.0. The number of anilines is 1. The minimum absolute atomic E-state index is 0.0588. The molecule has 2 aromatic heterocycles. The van der Waals surface area contributed by atoms with Crippen molar-refractivity contribution in [2.75, 3.05) is 4.90 Å². The molecule has 0 radical (unpaired) electrons. The molecule has 1 aliphatic rings. The Morgan fingerprint density at radius 2 is 2.04 bits per heavy atom. The molecule has 0 fully saturated rings. The summed E-state index contributed by atoms with van der Waals surface area (Å²) in [5, 5.41) is 21.6. The van der Waals surface area contributed by atoms with Crippen LogP contribution in [0.4, 0.5) is 5.95 Å². The lowest BCUT2D eigenvalue weighted by Gasteiger charge is -2.25. The molecule has 1 aliphatic heterocycles. The van der Waals surface area contributed by atoms with E-state index in [0.29, 0.717) is 6.42 Å². The van der Waals surface area contributed by atoms with Crippen LogP contribution < -0.4 is 4.90 Å². The summed E-state index contributed by atoms with van der Waals surface area (Å²) in [4.78, 5) is 3.58. The standard InChI is InChI=1S/C21H26N4OS/c1-4-19(26)14(2)20-22-23-21(25(20)13-17-9-7-11-27-17)24-12-16-8-5-6-10-18(16)15(24)3/h5-11,14-15,19,26H,4,12-13H2,1-3H3/t14?,15-,19?/m0/s1. The molecule has 27 heavy (non-hydrogen) atoms. The first-order chi connectivity index (χ1) is 13.1. The van der Waals surface area contributed by atoms with Crippen molar-refractivity contribution in [3.8, 4) is 0 Å². The first kappa shape index (κ1) is 18.2. The van der Waals surface area contributed by atoms with Gasteiger partial charge in [-0.05, 0) is 35.9 Å². The van der Waals surface area contributed by atoms with E-state index in [1.807, 2.05) is 13.8 Å². The zero-order chi connectivity index (χ0) is 19.0. The molecule has 0 bridgehead atoms. The molecule has 3 heterocycles. The maximum absolute atomic E-state index is 10.4. The highest BCUT2D eigenvalue weighted by molar-refractivity contribution is 7.09. The van der Waals surface area contributed by atoms with Gasteiger partial charge >= 0.3 is 0 Å². The molecule has 1 aromatic carbocycles. The molecule has 0 saturated carbocycles. The van der Waals surface area contributed by atoms with Gasteiger partial charge in [0, 0.05) is 17.3 Å². The molecule has 0 aliphatic carbocycles. The second kappa shape index (κ2) is 7.44. The van der Waals surface area contributed by atoms with Gasteiger partial charge in [0.05, 0.1) is 18.7 Å². The van der Waals surface area contributed by atoms with Crippen LogP contribution >= 0.6 is 11.3 Å². The first-order valence-electron chi connectivity index (χ1n) is 9.58. The third kappa shape index (κ3) is 3.28. The van der Waals surface area contributed by atoms with Crippen LogP contribution in [0.5, 0.6) is 0 Å². The van der Waals surface area contributed by atoms with Crippen molar-refractivity contribution in [1.82, 2.24) is 14.8 Å². The highest BCUT2D eigenvalue weighted by Gasteiger charge is 2.32. The Morgan fingerprint density at radius 1 is 1.22 bits per heavy atom. The lowest BCUT2D eigenvalue weighted by Crippen LogP contribution is -2.25. The Labute approximate surface area is 164 Å². The molecule has 5 nitrogen and oxygen atoms in total. The summed E-state index contributed by atoms with van der Waals surface area (Å²) in [6, 6.07) is 13.0. The quantitative estimate of drug-likeness (QED) is 0.689. The van der Waals surface area contributed by atoms with E-state index in [0.717, 1.165) is 24.9 Å². The monoisotopic (exact) mass is 382 g/mol. The van der Waals surface area contributed by atoms with Gasteiger partial charge in [-0.3, -0.25) is 4.57 Å².